The van der Waals surface area contributed by atoms with E-state index in [1.807, 2.05) is 24.3 Å². The number of rotatable bonds is 6. The van der Waals surface area contributed by atoms with Crippen molar-refractivity contribution in [3.63, 3.8) is 0 Å². The van der Waals surface area contributed by atoms with Gasteiger partial charge in [-0.15, -0.1) is 0 Å². The number of ketones is 1. The van der Waals surface area contributed by atoms with E-state index < -0.39 is 0 Å². The Kier molecular flexibility index (Phi) is 6.43. The van der Waals surface area contributed by atoms with Gasteiger partial charge in [-0.05, 0) is 52.8 Å². The topological polar surface area (TPSA) is 17.1 Å². The highest BCUT2D eigenvalue weighted by molar-refractivity contribution is 14.1. The first kappa shape index (κ1) is 14.0. The molecule has 0 saturated heterocycles. The molecule has 3 heteroatoms. The van der Waals surface area contributed by atoms with E-state index in [1.165, 1.54) is 9.99 Å². The third kappa shape index (κ3) is 5.34. The van der Waals surface area contributed by atoms with Crippen molar-refractivity contribution in [3.8, 4) is 0 Å². The van der Waals surface area contributed by atoms with E-state index in [9.17, 15) is 4.79 Å². The van der Waals surface area contributed by atoms with Crippen LogP contribution in [0.15, 0.2) is 24.3 Å². The molecular weight excluding hydrogens is 331 g/mol. The van der Waals surface area contributed by atoms with Crippen molar-refractivity contribution in [1.82, 2.24) is 0 Å². The van der Waals surface area contributed by atoms with Crippen LogP contribution in [0.3, 0.4) is 0 Å². The first-order valence-corrected chi connectivity index (χ1v) is 7.69. The highest BCUT2D eigenvalue weighted by Gasteiger charge is 2.05. The Hall–Kier alpha value is -0.0300. The van der Waals surface area contributed by atoms with Crippen molar-refractivity contribution < 1.29 is 4.79 Å². The maximum atomic E-state index is 11.8. The third-order valence-electron chi connectivity index (χ3n) is 2.24. The van der Waals surface area contributed by atoms with Gasteiger partial charge in [-0.3, -0.25) is 4.79 Å². The molecular formula is C13H17IOS. The van der Waals surface area contributed by atoms with E-state index in [0.29, 0.717) is 5.75 Å². The lowest BCUT2D eigenvalue weighted by molar-refractivity contribution is 0.102. The predicted molar refractivity (Wildman–Crippen MR) is 80.3 cm³/mol. The zero-order chi connectivity index (χ0) is 12.0. The molecule has 0 saturated carbocycles. The average Bonchev–Trinajstić information content (AvgIpc) is 2.25. The minimum Gasteiger partial charge on any atom is -0.293 e. The van der Waals surface area contributed by atoms with Crippen molar-refractivity contribution in [2.24, 2.45) is 5.92 Å². The summed E-state index contributed by atoms with van der Waals surface area (Å²) in [4.78, 5) is 11.8. The monoisotopic (exact) mass is 348 g/mol. The van der Waals surface area contributed by atoms with Crippen LogP contribution < -0.4 is 0 Å². The molecule has 1 aromatic rings. The molecule has 88 valence electrons. The fourth-order valence-electron chi connectivity index (χ4n) is 1.20. The minimum atomic E-state index is 0.241. The maximum Gasteiger partial charge on any atom is 0.172 e. The lowest BCUT2D eigenvalue weighted by atomic mass is 10.2. The van der Waals surface area contributed by atoms with Crippen LogP contribution >= 0.6 is 34.4 Å². The molecule has 0 amide bonds. The molecule has 1 rings (SSSR count). The Bertz CT molecular complexity index is 332. The Morgan fingerprint density at radius 1 is 1.31 bits per heavy atom. The molecule has 0 bridgehead atoms. The van der Waals surface area contributed by atoms with Crippen LogP contribution in [0.5, 0.6) is 0 Å². The predicted octanol–water partition coefficient (Wildman–Crippen LogP) is 4.25. The van der Waals surface area contributed by atoms with E-state index in [4.69, 9.17) is 0 Å². The Labute approximate surface area is 116 Å². The highest BCUT2D eigenvalue weighted by Crippen LogP contribution is 2.13. The fourth-order valence-corrected chi connectivity index (χ4v) is 2.70. The number of carbonyl (C=O) groups is 1. The number of carbonyl (C=O) groups excluding carboxylic acids is 1. The van der Waals surface area contributed by atoms with Crippen LogP contribution in [0.2, 0.25) is 0 Å². The molecule has 0 aliphatic rings. The summed E-state index contributed by atoms with van der Waals surface area (Å²) in [5.41, 5.74) is 0.831. The van der Waals surface area contributed by atoms with Gasteiger partial charge in [0.1, 0.15) is 0 Å². The van der Waals surface area contributed by atoms with Crippen molar-refractivity contribution in [3.05, 3.63) is 33.4 Å². The first-order chi connectivity index (χ1) is 7.59. The number of halogens is 1. The maximum absolute atomic E-state index is 11.8. The van der Waals surface area contributed by atoms with E-state index in [1.54, 1.807) is 11.8 Å². The molecule has 0 spiro atoms. The summed E-state index contributed by atoms with van der Waals surface area (Å²) in [6.07, 6.45) is 1.19. The zero-order valence-electron chi connectivity index (χ0n) is 9.70. The van der Waals surface area contributed by atoms with E-state index in [2.05, 4.69) is 36.4 Å². The third-order valence-corrected chi connectivity index (χ3v) is 3.95. The van der Waals surface area contributed by atoms with Crippen molar-refractivity contribution in [2.75, 3.05) is 11.5 Å². The zero-order valence-corrected chi connectivity index (χ0v) is 12.7. The second-order valence-electron chi connectivity index (χ2n) is 4.17. The number of Topliss-reactive ketones (excluding diaryl/α,β-unsaturated/α-hetero) is 1. The lowest BCUT2D eigenvalue weighted by Gasteiger charge is -2.04. The van der Waals surface area contributed by atoms with Crippen molar-refractivity contribution in [1.29, 1.82) is 0 Å². The van der Waals surface area contributed by atoms with Crippen LogP contribution in [0, 0.1) is 9.49 Å². The molecule has 0 atom stereocenters. The van der Waals surface area contributed by atoms with Crippen LogP contribution in [0.1, 0.15) is 30.6 Å². The standard InChI is InChI=1S/C13H17IOS/c1-10(2)7-8-16-9-13(15)11-3-5-12(14)6-4-11/h3-6,10H,7-9H2,1-2H3. The molecule has 0 radical (unpaired) electrons. The van der Waals surface area contributed by atoms with E-state index >= 15 is 0 Å². The largest absolute Gasteiger partial charge is 0.293 e. The van der Waals surface area contributed by atoms with Gasteiger partial charge in [0.2, 0.25) is 0 Å². The molecule has 0 unspecified atom stereocenters. The number of hydrogen-bond donors (Lipinski definition) is 0. The molecule has 1 aromatic carbocycles. The van der Waals surface area contributed by atoms with Crippen LogP contribution in [0.4, 0.5) is 0 Å². The minimum absolute atomic E-state index is 0.241. The molecule has 0 heterocycles. The van der Waals surface area contributed by atoms with Gasteiger partial charge >= 0.3 is 0 Å². The summed E-state index contributed by atoms with van der Waals surface area (Å²) >= 11 is 3.98. The second-order valence-corrected chi connectivity index (χ2v) is 6.52. The smallest absolute Gasteiger partial charge is 0.172 e. The quantitative estimate of drug-likeness (QED) is 0.434. The highest BCUT2D eigenvalue weighted by atomic mass is 127. The summed E-state index contributed by atoms with van der Waals surface area (Å²) in [6, 6.07) is 7.78. The molecule has 0 fully saturated rings. The lowest BCUT2D eigenvalue weighted by Crippen LogP contribution is -2.03. The molecule has 1 nitrogen and oxygen atoms in total. The molecule has 16 heavy (non-hydrogen) atoms. The summed E-state index contributed by atoms with van der Waals surface area (Å²) in [6.45, 7) is 4.42. The normalized spacial score (nSPS) is 10.8. The van der Waals surface area contributed by atoms with Gasteiger partial charge < -0.3 is 0 Å². The van der Waals surface area contributed by atoms with Gasteiger partial charge in [0.05, 0.1) is 5.75 Å². The number of hydrogen-bond acceptors (Lipinski definition) is 2. The molecule has 0 N–H and O–H groups in total. The molecule has 0 aromatic heterocycles. The van der Waals surface area contributed by atoms with Crippen LogP contribution in [-0.2, 0) is 0 Å². The fraction of sp³-hybridized carbons (Fsp3) is 0.462. The van der Waals surface area contributed by atoms with Crippen LogP contribution in [-0.4, -0.2) is 17.3 Å². The number of thioether (sulfide) groups is 1. The molecule has 0 aliphatic carbocycles. The van der Waals surface area contributed by atoms with Gasteiger partial charge in [0.15, 0.2) is 5.78 Å². The molecule has 0 aliphatic heterocycles. The average molecular weight is 348 g/mol. The van der Waals surface area contributed by atoms with E-state index in [-0.39, 0.29) is 5.78 Å². The first-order valence-electron chi connectivity index (χ1n) is 5.46. The van der Waals surface area contributed by atoms with Gasteiger partial charge in [-0.2, -0.15) is 11.8 Å². The Morgan fingerprint density at radius 2 is 1.94 bits per heavy atom. The summed E-state index contributed by atoms with van der Waals surface area (Å²) in [7, 11) is 0. The Morgan fingerprint density at radius 3 is 2.50 bits per heavy atom. The summed E-state index contributed by atoms with van der Waals surface area (Å²) in [5, 5.41) is 0. The Balaban J connectivity index is 2.32. The summed E-state index contributed by atoms with van der Waals surface area (Å²) < 4.78 is 1.17. The van der Waals surface area contributed by atoms with Crippen molar-refractivity contribution >= 4 is 40.1 Å². The number of benzene rings is 1. The van der Waals surface area contributed by atoms with Crippen molar-refractivity contribution in [2.45, 2.75) is 20.3 Å². The SMILES string of the molecule is CC(C)CCSCC(=O)c1ccc(I)cc1. The summed E-state index contributed by atoms with van der Waals surface area (Å²) in [5.74, 6) is 2.65. The van der Waals surface area contributed by atoms with Gasteiger partial charge in [-0.25, -0.2) is 0 Å². The van der Waals surface area contributed by atoms with Crippen LogP contribution in [0.25, 0.3) is 0 Å². The van der Waals surface area contributed by atoms with Gasteiger partial charge in [0.25, 0.3) is 0 Å². The van der Waals surface area contributed by atoms with Gasteiger partial charge in [0, 0.05) is 9.13 Å². The van der Waals surface area contributed by atoms with E-state index in [0.717, 1.165) is 17.2 Å². The van der Waals surface area contributed by atoms with Gasteiger partial charge in [-0.1, -0.05) is 26.0 Å². The second kappa shape index (κ2) is 7.33.